The fraction of sp³-hybridized carbons (Fsp3) is 0.533. The fourth-order valence-corrected chi connectivity index (χ4v) is 1.50. The molecule has 1 rings (SSSR count). The summed E-state index contributed by atoms with van der Waals surface area (Å²) in [6, 6.07) is 7.36. The monoisotopic (exact) mass is 264 g/mol. The standard InChI is InChI=1S/C15H24N2O2/c1-14(2,15(3,4)19)17-13(18)12-7-5-11(6-8-12)9-10-16/h5-8,19H,9-10,16H2,1-4H3,(H,17,18). The normalized spacial score (nSPS) is 12.3. The molecule has 4 nitrogen and oxygen atoms in total. The Labute approximate surface area is 115 Å². The lowest BCUT2D eigenvalue weighted by molar-refractivity contribution is -0.00292. The molecule has 0 heterocycles. The molecule has 0 spiro atoms. The van der Waals surface area contributed by atoms with Gasteiger partial charge in [-0.15, -0.1) is 0 Å². The number of hydrogen-bond acceptors (Lipinski definition) is 3. The third-order valence-corrected chi connectivity index (χ3v) is 3.60. The van der Waals surface area contributed by atoms with Crippen molar-refractivity contribution in [2.75, 3.05) is 6.54 Å². The number of rotatable bonds is 5. The smallest absolute Gasteiger partial charge is 0.251 e. The molecule has 0 bridgehead atoms. The second-order valence-corrected chi connectivity index (χ2v) is 5.87. The van der Waals surface area contributed by atoms with Crippen LogP contribution in [0.15, 0.2) is 24.3 Å². The predicted molar refractivity (Wildman–Crippen MR) is 77.0 cm³/mol. The van der Waals surface area contributed by atoms with E-state index in [2.05, 4.69) is 5.32 Å². The average Bonchev–Trinajstić information content (AvgIpc) is 2.28. The number of amides is 1. The summed E-state index contributed by atoms with van der Waals surface area (Å²) in [7, 11) is 0. The topological polar surface area (TPSA) is 75.3 Å². The summed E-state index contributed by atoms with van der Waals surface area (Å²) in [6.45, 7) is 7.55. The number of nitrogens with two attached hydrogens (primary N) is 1. The summed E-state index contributed by atoms with van der Waals surface area (Å²) in [5, 5.41) is 12.9. The maximum atomic E-state index is 12.1. The van der Waals surface area contributed by atoms with Crippen LogP contribution in [-0.2, 0) is 6.42 Å². The van der Waals surface area contributed by atoms with Gasteiger partial charge in [-0.1, -0.05) is 12.1 Å². The summed E-state index contributed by atoms with van der Waals surface area (Å²) >= 11 is 0. The quantitative estimate of drug-likeness (QED) is 0.754. The third-order valence-electron chi connectivity index (χ3n) is 3.60. The first-order valence-electron chi connectivity index (χ1n) is 6.51. The van der Waals surface area contributed by atoms with Crippen molar-refractivity contribution in [3.63, 3.8) is 0 Å². The van der Waals surface area contributed by atoms with Crippen LogP contribution < -0.4 is 11.1 Å². The Bertz CT molecular complexity index is 430. The van der Waals surface area contributed by atoms with E-state index in [1.54, 1.807) is 39.8 Å². The molecule has 0 aliphatic rings. The molecular weight excluding hydrogens is 240 g/mol. The molecule has 1 aromatic carbocycles. The molecule has 0 saturated heterocycles. The van der Waals surface area contributed by atoms with Crippen LogP contribution in [0.3, 0.4) is 0 Å². The molecule has 0 saturated carbocycles. The molecule has 106 valence electrons. The van der Waals surface area contributed by atoms with Crippen LogP contribution in [0, 0.1) is 0 Å². The minimum Gasteiger partial charge on any atom is -0.388 e. The highest BCUT2D eigenvalue weighted by Gasteiger charge is 2.36. The third kappa shape index (κ3) is 4.04. The Morgan fingerprint density at radius 3 is 2.16 bits per heavy atom. The van der Waals surface area contributed by atoms with E-state index in [0.717, 1.165) is 12.0 Å². The average molecular weight is 264 g/mol. The van der Waals surface area contributed by atoms with E-state index >= 15 is 0 Å². The minimum absolute atomic E-state index is 0.188. The van der Waals surface area contributed by atoms with Gasteiger partial charge in [0.25, 0.3) is 5.91 Å². The van der Waals surface area contributed by atoms with Crippen LogP contribution in [0.25, 0.3) is 0 Å². The first-order valence-corrected chi connectivity index (χ1v) is 6.51. The molecule has 0 aliphatic carbocycles. The SMILES string of the molecule is CC(C)(O)C(C)(C)NC(=O)c1ccc(CCN)cc1. The van der Waals surface area contributed by atoms with Crippen LogP contribution in [0.5, 0.6) is 0 Å². The van der Waals surface area contributed by atoms with Crippen LogP contribution in [0.4, 0.5) is 0 Å². The van der Waals surface area contributed by atoms with Gasteiger partial charge in [0, 0.05) is 5.56 Å². The molecule has 4 heteroatoms. The van der Waals surface area contributed by atoms with E-state index in [0.29, 0.717) is 12.1 Å². The van der Waals surface area contributed by atoms with Gasteiger partial charge in [-0.2, -0.15) is 0 Å². The Morgan fingerprint density at radius 1 is 1.21 bits per heavy atom. The van der Waals surface area contributed by atoms with Crippen molar-refractivity contribution in [1.29, 1.82) is 0 Å². The molecule has 0 atom stereocenters. The Kier molecular flexibility index (Phi) is 4.71. The molecule has 0 radical (unpaired) electrons. The van der Waals surface area contributed by atoms with Gasteiger partial charge < -0.3 is 16.2 Å². The van der Waals surface area contributed by atoms with Gasteiger partial charge >= 0.3 is 0 Å². The van der Waals surface area contributed by atoms with E-state index in [4.69, 9.17) is 5.73 Å². The van der Waals surface area contributed by atoms with Crippen molar-refractivity contribution in [2.24, 2.45) is 5.73 Å². The highest BCUT2D eigenvalue weighted by atomic mass is 16.3. The van der Waals surface area contributed by atoms with Gasteiger partial charge in [-0.3, -0.25) is 4.79 Å². The van der Waals surface area contributed by atoms with E-state index < -0.39 is 11.1 Å². The van der Waals surface area contributed by atoms with Crippen molar-refractivity contribution in [3.05, 3.63) is 35.4 Å². The first kappa shape index (κ1) is 15.7. The fourth-order valence-electron chi connectivity index (χ4n) is 1.50. The molecule has 0 aromatic heterocycles. The number of aliphatic hydroxyl groups is 1. The summed E-state index contributed by atoms with van der Waals surface area (Å²) in [6.07, 6.45) is 0.803. The number of nitrogens with one attached hydrogen (secondary N) is 1. The van der Waals surface area contributed by atoms with Crippen molar-refractivity contribution >= 4 is 5.91 Å². The summed E-state index contributed by atoms with van der Waals surface area (Å²) < 4.78 is 0. The van der Waals surface area contributed by atoms with Gasteiger partial charge in [-0.25, -0.2) is 0 Å². The number of benzene rings is 1. The molecule has 0 fully saturated rings. The van der Waals surface area contributed by atoms with Gasteiger partial charge in [0.2, 0.25) is 0 Å². The number of hydrogen-bond donors (Lipinski definition) is 3. The lowest BCUT2D eigenvalue weighted by Gasteiger charge is -2.38. The molecule has 0 aliphatic heterocycles. The zero-order valence-corrected chi connectivity index (χ0v) is 12.2. The predicted octanol–water partition coefficient (Wildman–Crippen LogP) is 1.47. The van der Waals surface area contributed by atoms with E-state index in [1.165, 1.54) is 0 Å². The van der Waals surface area contributed by atoms with E-state index in [9.17, 15) is 9.90 Å². The van der Waals surface area contributed by atoms with Gasteiger partial charge in [0.1, 0.15) is 0 Å². The van der Waals surface area contributed by atoms with Crippen LogP contribution >= 0.6 is 0 Å². The first-order chi connectivity index (χ1) is 8.67. The highest BCUT2D eigenvalue weighted by Crippen LogP contribution is 2.21. The Morgan fingerprint density at radius 2 is 1.74 bits per heavy atom. The molecule has 1 aromatic rings. The Hall–Kier alpha value is -1.39. The van der Waals surface area contributed by atoms with Crippen LogP contribution in [0.2, 0.25) is 0 Å². The molecule has 19 heavy (non-hydrogen) atoms. The highest BCUT2D eigenvalue weighted by molar-refractivity contribution is 5.94. The van der Waals surface area contributed by atoms with Crippen molar-refractivity contribution in [2.45, 2.75) is 45.3 Å². The largest absolute Gasteiger partial charge is 0.388 e. The molecule has 0 unspecified atom stereocenters. The number of carbonyl (C=O) groups is 1. The lowest BCUT2D eigenvalue weighted by atomic mass is 9.85. The van der Waals surface area contributed by atoms with Crippen molar-refractivity contribution in [1.82, 2.24) is 5.32 Å². The second-order valence-electron chi connectivity index (χ2n) is 5.87. The molecule has 1 amide bonds. The summed E-state index contributed by atoms with van der Waals surface area (Å²) in [5.74, 6) is -0.188. The maximum Gasteiger partial charge on any atom is 0.251 e. The zero-order valence-electron chi connectivity index (χ0n) is 12.2. The molecular formula is C15H24N2O2. The van der Waals surface area contributed by atoms with Gasteiger partial charge in [0.15, 0.2) is 0 Å². The maximum absolute atomic E-state index is 12.1. The zero-order chi connectivity index (χ0) is 14.7. The second kappa shape index (κ2) is 5.72. The van der Waals surface area contributed by atoms with Crippen LogP contribution in [-0.4, -0.2) is 28.7 Å². The van der Waals surface area contributed by atoms with Gasteiger partial charge in [0.05, 0.1) is 11.1 Å². The summed E-state index contributed by atoms with van der Waals surface area (Å²) in [4.78, 5) is 12.1. The molecule has 4 N–H and O–H groups in total. The van der Waals surface area contributed by atoms with Crippen LogP contribution in [0.1, 0.15) is 43.6 Å². The van der Waals surface area contributed by atoms with Crippen molar-refractivity contribution in [3.8, 4) is 0 Å². The van der Waals surface area contributed by atoms with Gasteiger partial charge in [-0.05, 0) is 58.4 Å². The summed E-state index contributed by atoms with van der Waals surface area (Å²) in [5.41, 5.74) is 5.47. The Balaban J connectivity index is 2.79. The lowest BCUT2D eigenvalue weighted by Crippen LogP contribution is -2.57. The number of carbonyl (C=O) groups excluding carboxylic acids is 1. The minimum atomic E-state index is -0.998. The van der Waals surface area contributed by atoms with E-state index in [-0.39, 0.29) is 5.91 Å². The van der Waals surface area contributed by atoms with Crippen molar-refractivity contribution < 1.29 is 9.90 Å². The van der Waals surface area contributed by atoms with E-state index in [1.807, 2.05) is 12.1 Å².